The largest absolute Gasteiger partial charge is 0.410 e. The highest BCUT2D eigenvalue weighted by Gasteiger charge is 2.54. The summed E-state index contributed by atoms with van der Waals surface area (Å²) in [6, 6.07) is 8.26. The van der Waals surface area contributed by atoms with Gasteiger partial charge in [0.25, 0.3) is 0 Å². The molecule has 18 heavy (non-hydrogen) atoms. The second-order valence-corrected chi connectivity index (χ2v) is 4.30. The molecule has 2 rings (SSSR count). The third-order valence-corrected chi connectivity index (χ3v) is 3.04. The molecular formula is C13H13F3N2. The van der Waals surface area contributed by atoms with E-state index in [0.29, 0.717) is 11.3 Å². The van der Waals surface area contributed by atoms with E-state index in [-0.39, 0.29) is 12.0 Å². The molecule has 0 fully saturated rings. The van der Waals surface area contributed by atoms with Crippen molar-refractivity contribution in [3.8, 4) is 0 Å². The summed E-state index contributed by atoms with van der Waals surface area (Å²) in [6.45, 7) is 0. The van der Waals surface area contributed by atoms with Crippen molar-refractivity contribution in [1.82, 2.24) is 0 Å². The quantitative estimate of drug-likeness (QED) is 0.809. The SMILES string of the molecule is NC1=CCC(N)(C(F)(F)F)C(c2ccccc2)=C1. The smallest absolute Gasteiger partial charge is 0.399 e. The molecule has 0 aromatic heterocycles. The standard InChI is InChI=1S/C13H13F3N2/c14-13(15,16)12(18)7-6-10(17)8-11(12)9-4-2-1-3-5-9/h1-6,8H,7,17-18H2. The topological polar surface area (TPSA) is 52.0 Å². The molecule has 0 spiro atoms. The summed E-state index contributed by atoms with van der Waals surface area (Å²) in [5.74, 6) is 0. The maximum absolute atomic E-state index is 13.2. The van der Waals surface area contributed by atoms with E-state index in [1.54, 1.807) is 30.3 Å². The van der Waals surface area contributed by atoms with E-state index in [2.05, 4.69) is 0 Å². The fourth-order valence-corrected chi connectivity index (χ4v) is 1.97. The van der Waals surface area contributed by atoms with Crippen LogP contribution in [0.3, 0.4) is 0 Å². The molecule has 1 aliphatic rings. The molecule has 1 unspecified atom stereocenters. The Balaban J connectivity index is 2.55. The van der Waals surface area contributed by atoms with Gasteiger partial charge in [-0.25, -0.2) is 0 Å². The summed E-state index contributed by atoms with van der Waals surface area (Å²) in [4.78, 5) is 0. The van der Waals surface area contributed by atoms with Crippen LogP contribution in [0.25, 0.3) is 5.57 Å². The maximum Gasteiger partial charge on any atom is 0.410 e. The normalized spacial score (nSPS) is 24.4. The van der Waals surface area contributed by atoms with Crippen LogP contribution in [0.2, 0.25) is 0 Å². The summed E-state index contributed by atoms with van der Waals surface area (Å²) in [5, 5.41) is 0. The number of alkyl halides is 3. The molecule has 1 atom stereocenters. The van der Waals surface area contributed by atoms with Crippen molar-refractivity contribution in [1.29, 1.82) is 0 Å². The van der Waals surface area contributed by atoms with E-state index in [1.807, 2.05) is 0 Å². The van der Waals surface area contributed by atoms with Crippen LogP contribution in [0.5, 0.6) is 0 Å². The average molecular weight is 254 g/mol. The molecule has 0 bridgehead atoms. The highest BCUT2D eigenvalue weighted by atomic mass is 19.4. The van der Waals surface area contributed by atoms with Crippen LogP contribution in [0.1, 0.15) is 12.0 Å². The molecule has 2 nitrogen and oxygen atoms in total. The van der Waals surface area contributed by atoms with Gasteiger partial charge in [-0.2, -0.15) is 13.2 Å². The lowest BCUT2D eigenvalue weighted by Crippen LogP contribution is -2.54. The Morgan fingerprint density at radius 3 is 2.28 bits per heavy atom. The zero-order chi connectivity index (χ0) is 13.4. The van der Waals surface area contributed by atoms with Crippen LogP contribution in [-0.4, -0.2) is 11.7 Å². The fraction of sp³-hybridized carbons (Fsp3) is 0.231. The van der Waals surface area contributed by atoms with Crippen molar-refractivity contribution in [2.24, 2.45) is 11.5 Å². The number of hydrogen-bond donors (Lipinski definition) is 2. The van der Waals surface area contributed by atoms with E-state index in [9.17, 15) is 13.2 Å². The number of hydrogen-bond acceptors (Lipinski definition) is 2. The molecule has 5 heteroatoms. The van der Waals surface area contributed by atoms with E-state index >= 15 is 0 Å². The van der Waals surface area contributed by atoms with Gasteiger partial charge in [-0.3, -0.25) is 0 Å². The minimum Gasteiger partial charge on any atom is -0.399 e. The lowest BCUT2D eigenvalue weighted by atomic mass is 9.79. The zero-order valence-electron chi connectivity index (χ0n) is 9.54. The molecule has 0 saturated heterocycles. The van der Waals surface area contributed by atoms with Crippen molar-refractivity contribution in [2.45, 2.75) is 18.1 Å². The maximum atomic E-state index is 13.2. The van der Waals surface area contributed by atoms with Crippen LogP contribution in [0, 0.1) is 0 Å². The minimum atomic E-state index is -4.52. The monoisotopic (exact) mass is 254 g/mol. The predicted octanol–water partition coefficient (Wildman–Crippen LogP) is 2.58. The third kappa shape index (κ3) is 2.01. The summed E-state index contributed by atoms with van der Waals surface area (Å²) < 4.78 is 39.5. The Bertz CT molecular complexity index is 503. The Morgan fingerprint density at radius 2 is 1.72 bits per heavy atom. The van der Waals surface area contributed by atoms with Crippen LogP contribution in [-0.2, 0) is 0 Å². The Hall–Kier alpha value is -1.75. The van der Waals surface area contributed by atoms with Crippen molar-refractivity contribution in [2.75, 3.05) is 0 Å². The van der Waals surface area contributed by atoms with Crippen molar-refractivity contribution in [3.63, 3.8) is 0 Å². The highest BCUT2D eigenvalue weighted by molar-refractivity contribution is 5.77. The van der Waals surface area contributed by atoms with Crippen LogP contribution in [0.15, 0.2) is 48.2 Å². The van der Waals surface area contributed by atoms with E-state index in [0.717, 1.165) is 0 Å². The first-order chi connectivity index (χ1) is 8.34. The summed E-state index contributed by atoms with van der Waals surface area (Å²) in [6.07, 6.45) is -2.26. The number of halogens is 3. The molecule has 0 heterocycles. The molecule has 1 aromatic carbocycles. The second kappa shape index (κ2) is 4.17. The lowest BCUT2D eigenvalue weighted by molar-refractivity contribution is -0.167. The third-order valence-electron chi connectivity index (χ3n) is 3.04. The zero-order valence-corrected chi connectivity index (χ0v) is 9.54. The van der Waals surface area contributed by atoms with Gasteiger partial charge in [-0.05, 0) is 23.6 Å². The first-order valence-electron chi connectivity index (χ1n) is 5.43. The molecule has 0 saturated carbocycles. The van der Waals surface area contributed by atoms with Gasteiger partial charge in [0.1, 0.15) is 5.54 Å². The van der Waals surface area contributed by atoms with Gasteiger partial charge in [0.2, 0.25) is 0 Å². The first-order valence-corrected chi connectivity index (χ1v) is 5.43. The lowest BCUT2D eigenvalue weighted by Gasteiger charge is -2.36. The van der Waals surface area contributed by atoms with Crippen LogP contribution < -0.4 is 11.5 Å². The predicted molar refractivity (Wildman–Crippen MR) is 64.3 cm³/mol. The van der Waals surface area contributed by atoms with Gasteiger partial charge in [0.15, 0.2) is 0 Å². The molecule has 4 N–H and O–H groups in total. The van der Waals surface area contributed by atoms with Gasteiger partial charge in [0.05, 0.1) is 0 Å². The van der Waals surface area contributed by atoms with Gasteiger partial charge >= 0.3 is 6.18 Å². The highest BCUT2D eigenvalue weighted by Crippen LogP contribution is 2.43. The number of allylic oxidation sites excluding steroid dienone is 1. The molecule has 1 aliphatic carbocycles. The molecule has 0 aliphatic heterocycles. The second-order valence-electron chi connectivity index (χ2n) is 4.30. The molecule has 0 radical (unpaired) electrons. The van der Waals surface area contributed by atoms with Crippen molar-refractivity contribution < 1.29 is 13.2 Å². The Kier molecular flexibility index (Phi) is 2.94. The molecular weight excluding hydrogens is 241 g/mol. The minimum absolute atomic E-state index is 0.00981. The van der Waals surface area contributed by atoms with Gasteiger partial charge in [-0.1, -0.05) is 36.4 Å². The fourth-order valence-electron chi connectivity index (χ4n) is 1.97. The number of nitrogens with two attached hydrogens (primary N) is 2. The van der Waals surface area contributed by atoms with E-state index in [4.69, 9.17) is 11.5 Å². The summed E-state index contributed by atoms with van der Waals surface area (Å²) in [7, 11) is 0. The van der Waals surface area contributed by atoms with Crippen LogP contribution >= 0.6 is 0 Å². The number of rotatable bonds is 1. The van der Waals surface area contributed by atoms with Gasteiger partial charge in [0, 0.05) is 5.70 Å². The van der Waals surface area contributed by atoms with E-state index in [1.165, 1.54) is 12.2 Å². The van der Waals surface area contributed by atoms with Crippen molar-refractivity contribution >= 4 is 5.57 Å². The first kappa shape index (κ1) is 12.7. The summed E-state index contributed by atoms with van der Waals surface area (Å²) in [5.41, 5.74) is 9.55. The molecule has 0 amide bonds. The molecule has 96 valence electrons. The number of benzene rings is 1. The van der Waals surface area contributed by atoms with E-state index < -0.39 is 11.7 Å². The average Bonchev–Trinajstić information content (AvgIpc) is 2.32. The van der Waals surface area contributed by atoms with Crippen molar-refractivity contribution in [3.05, 3.63) is 53.7 Å². The van der Waals surface area contributed by atoms with Gasteiger partial charge in [-0.15, -0.1) is 0 Å². The Morgan fingerprint density at radius 1 is 1.11 bits per heavy atom. The van der Waals surface area contributed by atoms with Crippen LogP contribution in [0.4, 0.5) is 13.2 Å². The molecule has 1 aromatic rings. The van der Waals surface area contributed by atoms with Gasteiger partial charge < -0.3 is 11.5 Å². The summed E-state index contributed by atoms with van der Waals surface area (Å²) >= 11 is 0. The Labute approximate surface area is 103 Å².